The monoisotopic (exact) mass is 281 g/mol. The van der Waals surface area contributed by atoms with Gasteiger partial charge in [-0.25, -0.2) is 4.39 Å². The second-order valence-electron chi connectivity index (χ2n) is 5.40. The Hall–Kier alpha value is -1.24. The fourth-order valence-corrected chi connectivity index (χ4v) is 2.88. The molecule has 1 aromatic rings. The molecule has 20 heavy (non-hydrogen) atoms. The number of ether oxygens (including phenoxy) is 1. The predicted molar refractivity (Wildman–Crippen MR) is 73.2 cm³/mol. The van der Waals surface area contributed by atoms with E-state index < -0.39 is 5.60 Å². The first kappa shape index (κ1) is 13.7. The Balaban J connectivity index is 1.96. The maximum atomic E-state index is 13.6. The third kappa shape index (κ3) is 2.63. The van der Waals surface area contributed by atoms with Crippen molar-refractivity contribution in [3.05, 3.63) is 23.8 Å². The highest BCUT2D eigenvalue weighted by atomic mass is 19.1. The number of halogens is 1. The van der Waals surface area contributed by atoms with E-state index in [0.29, 0.717) is 31.7 Å². The average Bonchev–Trinajstić information content (AvgIpc) is 2.48. The lowest BCUT2D eigenvalue weighted by Crippen LogP contribution is -2.45. The van der Waals surface area contributed by atoms with Crippen molar-refractivity contribution in [1.29, 1.82) is 0 Å². The van der Waals surface area contributed by atoms with E-state index in [9.17, 15) is 9.50 Å². The van der Waals surface area contributed by atoms with Gasteiger partial charge < -0.3 is 20.1 Å². The molecule has 2 saturated heterocycles. The highest BCUT2D eigenvalue weighted by Gasteiger charge is 2.36. The average molecular weight is 281 g/mol. The molecule has 0 unspecified atom stereocenters. The molecule has 6 heteroatoms. The van der Waals surface area contributed by atoms with Gasteiger partial charge in [0.15, 0.2) is 0 Å². The summed E-state index contributed by atoms with van der Waals surface area (Å²) in [6.07, 6.45) is 2.20. The zero-order chi connectivity index (χ0) is 14.0. The molecule has 0 bridgehead atoms. The molecule has 1 aromatic heterocycles. The van der Waals surface area contributed by atoms with Crippen molar-refractivity contribution in [1.82, 2.24) is 10.3 Å². The lowest BCUT2D eigenvalue weighted by molar-refractivity contribution is -0.0702. The van der Waals surface area contributed by atoms with Gasteiger partial charge in [-0.15, -0.1) is 0 Å². The first-order valence-electron chi connectivity index (χ1n) is 7.11. The van der Waals surface area contributed by atoms with Crippen molar-refractivity contribution >= 4 is 5.69 Å². The van der Waals surface area contributed by atoms with Crippen LogP contribution >= 0.6 is 0 Å². The summed E-state index contributed by atoms with van der Waals surface area (Å²) in [5, 5.41) is 14.1. The van der Waals surface area contributed by atoms with Crippen molar-refractivity contribution < 1.29 is 14.2 Å². The maximum Gasteiger partial charge on any atom is 0.143 e. The number of anilines is 1. The molecule has 2 N–H and O–H groups in total. The number of rotatable bonds is 2. The summed E-state index contributed by atoms with van der Waals surface area (Å²) < 4.78 is 18.9. The van der Waals surface area contributed by atoms with Crippen LogP contribution in [0, 0.1) is 5.82 Å². The third-order valence-corrected chi connectivity index (χ3v) is 4.05. The molecule has 0 aromatic carbocycles. The summed E-state index contributed by atoms with van der Waals surface area (Å²) in [4.78, 5) is 6.30. The minimum atomic E-state index is -1.01. The van der Waals surface area contributed by atoms with Gasteiger partial charge in [0, 0.05) is 58.3 Å². The standard InChI is InChI=1S/C14H20FN3O2/c15-11-9-12(18-5-3-16-4-6-18)13(17-10-11)14(19)1-7-20-8-2-14/h9-10,16,19H,1-8H2. The van der Waals surface area contributed by atoms with Gasteiger partial charge in [0.1, 0.15) is 11.4 Å². The Morgan fingerprint density at radius 2 is 2.00 bits per heavy atom. The van der Waals surface area contributed by atoms with Gasteiger partial charge >= 0.3 is 0 Å². The van der Waals surface area contributed by atoms with Gasteiger partial charge in [0.05, 0.1) is 17.6 Å². The molecule has 2 aliphatic heterocycles. The van der Waals surface area contributed by atoms with E-state index in [1.165, 1.54) is 12.3 Å². The van der Waals surface area contributed by atoms with Gasteiger partial charge in [0.2, 0.25) is 0 Å². The number of nitrogens with one attached hydrogen (secondary N) is 1. The number of pyridine rings is 1. The van der Waals surface area contributed by atoms with Gasteiger partial charge in [-0.2, -0.15) is 0 Å². The van der Waals surface area contributed by atoms with Crippen LogP contribution in [-0.4, -0.2) is 49.5 Å². The second kappa shape index (κ2) is 5.63. The van der Waals surface area contributed by atoms with Gasteiger partial charge in [-0.3, -0.25) is 4.98 Å². The van der Waals surface area contributed by atoms with Crippen LogP contribution in [0.1, 0.15) is 18.5 Å². The zero-order valence-electron chi connectivity index (χ0n) is 11.4. The van der Waals surface area contributed by atoms with Crippen LogP contribution in [0.5, 0.6) is 0 Å². The molecule has 0 spiro atoms. The van der Waals surface area contributed by atoms with Crippen LogP contribution in [0.4, 0.5) is 10.1 Å². The number of hydrogen-bond acceptors (Lipinski definition) is 5. The molecule has 0 atom stereocenters. The predicted octanol–water partition coefficient (Wildman–Crippen LogP) is 0.628. The molecule has 3 rings (SSSR count). The molecule has 3 heterocycles. The largest absolute Gasteiger partial charge is 0.383 e. The highest BCUT2D eigenvalue weighted by molar-refractivity contribution is 5.53. The fourth-order valence-electron chi connectivity index (χ4n) is 2.88. The first-order valence-corrected chi connectivity index (χ1v) is 7.11. The maximum absolute atomic E-state index is 13.6. The highest BCUT2D eigenvalue weighted by Crippen LogP contribution is 2.36. The lowest BCUT2D eigenvalue weighted by atomic mass is 9.89. The van der Waals surface area contributed by atoms with E-state index in [1.807, 2.05) is 0 Å². The van der Waals surface area contributed by atoms with Crippen molar-refractivity contribution in [2.24, 2.45) is 0 Å². The summed E-state index contributed by atoms with van der Waals surface area (Å²) in [6.45, 7) is 4.33. The van der Waals surface area contributed by atoms with Crippen LogP contribution in [0.25, 0.3) is 0 Å². The molecule has 110 valence electrons. The van der Waals surface area contributed by atoms with E-state index in [4.69, 9.17) is 4.74 Å². The summed E-state index contributed by atoms with van der Waals surface area (Å²) in [6, 6.07) is 1.49. The van der Waals surface area contributed by atoms with Crippen molar-refractivity contribution in [2.75, 3.05) is 44.3 Å². The minimum absolute atomic E-state index is 0.363. The van der Waals surface area contributed by atoms with Gasteiger partial charge in [-0.1, -0.05) is 0 Å². The molecular formula is C14H20FN3O2. The van der Waals surface area contributed by atoms with Crippen molar-refractivity contribution in [3.8, 4) is 0 Å². The van der Waals surface area contributed by atoms with Crippen LogP contribution in [0.2, 0.25) is 0 Å². The third-order valence-electron chi connectivity index (χ3n) is 4.05. The van der Waals surface area contributed by atoms with Crippen LogP contribution in [-0.2, 0) is 10.3 Å². The number of aromatic nitrogens is 1. The number of hydrogen-bond donors (Lipinski definition) is 2. The van der Waals surface area contributed by atoms with Crippen LogP contribution in [0.15, 0.2) is 12.3 Å². The molecule has 0 radical (unpaired) electrons. The van der Waals surface area contributed by atoms with Crippen molar-refractivity contribution in [3.63, 3.8) is 0 Å². The van der Waals surface area contributed by atoms with Crippen LogP contribution in [0.3, 0.4) is 0 Å². The van der Waals surface area contributed by atoms with Crippen LogP contribution < -0.4 is 10.2 Å². The van der Waals surface area contributed by atoms with Gasteiger partial charge in [-0.05, 0) is 0 Å². The molecule has 2 fully saturated rings. The second-order valence-corrected chi connectivity index (χ2v) is 5.40. The molecular weight excluding hydrogens is 261 g/mol. The Labute approximate surface area is 117 Å². The summed E-state index contributed by atoms with van der Waals surface area (Å²) in [7, 11) is 0. The first-order chi connectivity index (χ1) is 9.69. The lowest BCUT2D eigenvalue weighted by Gasteiger charge is -2.37. The summed E-state index contributed by atoms with van der Waals surface area (Å²) in [5.41, 5.74) is 0.298. The molecule has 0 saturated carbocycles. The SMILES string of the molecule is OC1(c2ncc(F)cc2N2CCNCC2)CCOCC1. The summed E-state index contributed by atoms with van der Waals surface area (Å²) in [5.74, 6) is -0.363. The van der Waals surface area contributed by atoms with Crippen molar-refractivity contribution in [2.45, 2.75) is 18.4 Å². The van der Waals surface area contributed by atoms with Gasteiger partial charge in [0.25, 0.3) is 0 Å². The Morgan fingerprint density at radius 1 is 1.30 bits per heavy atom. The molecule has 0 aliphatic carbocycles. The topological polar surface area (TPSA) is 57.6 Å². The quantitative estimate of drug-likeness (QED) is 0.832. The summed E-state index contributed by atoms with van der Waals surface area (Å²) >= 11 is 0. The minimum Gasteiger partial charge on any atom is -0.383 e. The van der Waals surface area contributed by atoms with E-state index in [2.05, 4.69) is 15.2 Å². The van der Waals surface area contributed by atoms with E-state index in [0.717, 1.165) is 31.9 Å². The smallest absolute Gasteiger partial charge is 0.143 e. The van der Waals surface area contributed by atoms with E-state index >= 15 is 0 Å². The molecule has 5 nitrogen and oxygen atoms in total. The normalized spacial score (nSPS) is 22.8. The number of piperazine rings is 1. The van der Waals surface area contributed by atoms with E-state index in [-0.39, 0.29) is 5.82 Å². The molecule has 0 amide bonds. The zero-order valence-corrected chi connectivity index (χ0v) is 11.4. The Kier molecular flexibility index (Phi) is 3.87. The molecule has 2 aliphatic rings. The number of aliphatic hydroxyl groups is 1. The Bertz CT molecular complexity index is 471. The fraction of sp³-hybridized carbons (Fsp3) is 0.643. The number of nitrogens with zero attached hydrogens (tertiary/aromatic N) is 2. The Morgan fingerprint density at radius 3 is 2.70 bits per heavy atom. The van der Waals surface area contributed by atoms with E-state index in [1.54, 1.807) is 0 Å².